The van der Waals surface area contributed by atoms with Crippen molar-refractivity contribution in [1.29, 1.82) is 0 Å². The van der Waals surface area contributed by atoms with Crippen molar-refractivity contribution in [3.05, 3.63) is 45.8 Å². The Balaban J connectivity index is 1.45. The molecule has 0 atom stereocenters. The molecule has 0 amide bonds. The summed E-state index contributed by atoms with van der Waals surface area (Å²) in [6.07, 6.45) is 7.19. The predicted octanol–water partition coefficient (Wildman–Crippen LogP) is 2.82. The van der Waals surface area contributed by atoms with Gasteiger partial charge in [-0.3, -0.25) is 4.79 Å². The van der Waals surface area contributed by atoms with E-state index in [1.807, 2.05) is 4.90 Å². The van der Waals surface area contributed by atoms with Gasteiger partial charge in [0, 0.05) is 31.2 Å². The van der Waals surface area contributed by atoms with Crippen LogP contribution in [0.1, 0.15) is 38.5 Å². The van der Waals surface area contributed by atoms with Crippen molar-refractivity contribution in [2.45, 2.75) is 49.9 Å². The maximum atomic E-state index is 13.5. The number of ether oxygens (including phenoxy) is 1. The maximum Gasteiger partial charge on any atom is 0.316 e. The number of nitrogens with zero attached hydrogens (tertiary/aromatic N) is 4. The summed E-state index contributed by atoms with van der Waals surface area (Å²) in [6.45, 7) is 1.79. The first-order chi connectivity index (χ1) is 15.4. The Morgan fingerprint density at radius 3 is 2.41 bits per heavy atom. The van der Waals surface area contributed by atoms with E-state index in [2.05, 4.69) is 5.10 Å². The van der Waals surface area contributed by atoms with Crippen LogP contribution in [0.5, 0.6) is 5.75 Å². The zero-order chi connectivity index (χ0) is 22.3. The Labute approximate surface area is 192 Å². The molecule has 1 saturated heterocycles. The maximum absolute atomic E-state index is 13.5. The van der Waals surface area contributed by atoms with Crippen molar-refractivity contribution in [2.24, 2.45) is 0 Å². The van der Waals surface area contributed by atoms with Gasteiger partial charge in [-0.25, -0.2) is 8.42 Å². The van der Waals surface area contributed by atoms with Gasteiger partial charge < -0.3 is 9.64 Å². The fraction of sp³-hybridized carbons (Fsp3) is 0.545. The second-order valence-corrected chi connectivity index (χ2v) is 11.4. The Hall–Kier alpha value is -2.10. The van der Waals surface area contributed by atoms with Crippen LogP contribution >= 0.6 is 11.6 Å². The normalized spacial score (nSPS) is 20.6. The summed E-state index contributed by atoms with van der Waals surface area (Å²) in [4.78, 5) is 15.5. The molecular formula is C22H27ClN4O4S. The number of benzene rings is 1. The first-order valence-electron chi connectivity index (χ1n) is 11.2. The molecule has 1 aliphatic heterocycles. The number of anilines is 1. The largest absolute Gasteiger partial charge is 0.483 e. The van der Waals surface area contributed by atoms with Crippen molar-refractivity contribution in [3.8, 4) is 11.4 Å². The Morgan fingerprint density at radius 1 is 1.03 bits per heavy atom. The van der Waals surface area contributed by atoms with Crippen LogP contribution in [0, 0.1) is 0 Å². The lowest BCUT2D eigenvalue weighted by Crippen LogP contribution is -2.50. The molecule has 2 saturated carbocycles. The smallest absolute Gasteiger partial charge is 0.316 e. The number of rotatable bonds is 6. The van der Waals surface area contributed by atoms with Crippen LogP contribution in [0.3, 0.4) is 0 Å². The van der Waals surface area contributed by atoms with E-state index in [0.717, 1.165) is 38.5 Å². The summed E-state index contributed by atoms with van der Waals surface area (Å²) in [6, 6.07) is 6.99. The molecular weight excluding hydrogens is 452 g/mol. The van der Waals surface area contributed by atoms with Gasteiger partial charge in [-0.15, -0.1) is 0 Å². The summed E-state index contributed by atoms with van der Waals surface area (Å²) in [5.41, 5.74) is 0.874. The lowest BCUT2D eigenvalue weighted by Gasteiger charge is -2.36. The van der Waals surface area contributed by atoms with Gasteiger partial charge in [0.2, 0.25) is 15.8 Å². The van der Waals surface area contributed by atoms with Crippen LogP contribution in [0.25, 0.3) is 5.69 Å². The molecule has 10 heteroatoms. The number of aromatic nitrogens is 2. The zero-order valence-electron chi connectivity index (χ0n) is 17.8. The number of hydrogen-bond acceptors (Lipinski definition) is 6. The zero-order valence-corrected chi connectivity index (χ0v) is 19.4. The van der Waals surface area contributed by atoms with Crippen LogP contribution < -0.4 is 15.2 Å². The second kappa shape index (κ2) is 8.68. The van der Waals surface area contributed by atoms with Crippen molar-refractivity contribution in [2.75, 3.05) is 31.1 Å². The number of hydrogen-bond donors (Lipinski definition) is 0. The third kappa shape index (κ3) is 4.25. The summed E-state index contributed by atoms with van der Waals surface area (Å²) >= 11 is 6.12. The Kier molecular flexibility index (Phi) is 5.90. The van der Waals surface area contributed by atoms with Crippen LogP contribution in [-0.2, 0) is 10.0 Å². The molecule has 5 rings (SSSR count). The quantitative estimate of drug-likeness (QED) is 0.634. The average molecular weight is 479 g/mol. The second-order valence-electron chi connectivity index (χ2n) is 8.71. The molecule has 1 aromatic carbocycles. The molecule has 8 nitrogen and oxygen atoms in total. The highest BCUT2D eigenvalue weighted by molar-refractivity contribution is 7.90. The van der Waals surface area contributed by atoms with E-state index in [9.17, 15) is 13.2 Å². The fourth-order valence-corrected chi connectivity index (χ4v) is 6.50. The van der Waals surface area contributed by atoms with Gasteiger partial charge in [0.15, 0.2) is 0 Å². The van der Waals surface area contributed by atoms with Crippen molar-refractivity contribution in [3.63, 3.8) is 0 Å². The first-order valence-corrected chi connectivity index (χ1v) is 13.1. The number of halogens is 1. The van der Waals surface area contributed by atoms with Gasteiger partial charge in [0.25, 0.3) is 0 Å². The standard InChI is InChI=1S/C22H27ClN4O4S/c23-16-4-3-5-17(14-16)27-22(28)21(31-18-6-1-2-7-18)20(15-24-27)25-10-12-26(13-11-25)32(29,30)19-8-9-19/h3-5,14-15,18-19H,1-2,6-13H2. The van der Waals surface area contributed by atoms with Crippen LogP contribution in [0.2, 0.25) is 5.02 Å². The van der Waals surface area contributed by atoms with E-state index in [-0.39, 0.29) is 22.7 Å². The molecule has 0 spiro atoms. The van der Waals surface area contributed by atoms with Gasteiger partial charge in [0.05, 0.1) is 23.2 Å². The monoisotopic (exact) mass is 478 g/mol. The summed E-state index contributed by atoms with van der Waals surface area (Å²) in [7, 11) is -3.20. The van der Waals surface area contributed by atoms with Gasteiger partial charge in [-0.2, -0.15) is 14.1 Å². The summed E-state index contributed by atoms with van der Waals surface area (Å²) < 4.78 is 34.3. The van der Waals surface area contributed by atoms with E-state index >= 15 is 0 Å². The molecule has 0 unspecified atom stereocenters. The van der Waals surface area contributed by atoms with Crippen LogP contribution in [-0.4, -0.2) is 60.0 Å². The molecule has 2 heterocycles. The van der Waals surface area contributed by atoms with Crippen molar-refractivity contribution >= 4 is 27.3 Å². The third-order valence-corrected chi connectivity index (χ3v) is 9.07. The third-order valence-electron chi connectivity index (χ3n) is 6.44. The molecule has 1 aromatic heterocycles. The molecule has 3 aliphatic rings. The molecule has 32 heavy (non-hydrogen) atoms. The predicted molar refractivity (Wildman–Crippen MR) is 123 cm³/mol. The molecule has 0 bridgehead atoms. The van der Waals surface area contributed by atoms with E-state index in [4.69, 9.17) is 16.3 Å². The highest BCUT2D eigenvalue weighted by Gasteiger charge is 2.41. The van der Waals surface area contributed by atoms with Gasteiger partial charge in [-0.1, -0.05) is 17.7 Å². The average Bonchev–Trinajstić information content (AvgIpc) is 3.53. The molecule has 2 aliphatic carbocycles. The number of sulfonamides is 1. The summed E-state index contributed by atoms with van der Waals surface area (Å²) in [5, 5.41) is 4.71. The minimum absolute atomic E-state index is 0.00759. The molecule has 3 fully saturated rings. The van der Waals surface area contributed by atoms with E-state index in [1.165, 1.54) is 4.68 Å². The highest BCUT2D eigenvalue weighted by Crippen LogP contribution is 2.33. The van der Waals surface area contributed by atoms with Gasteiger partial charge in [-0.05, 0) is 56.7 Å². The minimum Gasteiger partial charge on any atom is -0.483 e. The number of piperazine rings is 1. The Bertz CT molecular complexity index is 1150. The van der Waals surface area contributed by atoms with Crippen LogP contribution in [0.4, 0.5) is 5.69 Å². The highest BCUT2D eigenvalue weighted by atomic mass is 35.5. The summed E-state index contributed by atoms with van der Waals surface area (Å²) in [5.74, 6) is 0.283. The lowest BCUT2D eigenvalue weighted by molar-refractivity contribution is 0.205. The molecule has 0 radical (unpaired) electrons. The van der Waals surface area contributed by atoms with Crippen LogP contribution in [0.15, 0.2) is 35.3 Å². The minimum atomic E-state index is -3.20. The molecule has 0 N–H and O–H groups in total. The van der Waals surface area contributed by atoms with E-state index in [0.29, 0.717) is 42.6 Å². The molecule has 2 aromatic rings. The first kappa shape index (κ1) is 21.7. The van der Waals surface area contributed by atoms with Gasteiger partial charge in [0.1, 0.15) is 5.69 Å². The lowest BCUT2D eigenvalue weighted by atomic mass is 10.2. The van der Waals surface area contributed by atoms with E-state index < -0.39 is 10.0 Å². The SMILES string of the molecule is O=c1c(OC2CCCC2)c(N2CCN(S(=O)(=O)C3CC3)CC2)cnn1-c1cccc(Cl)c1. The topological polar surface area (TPSA) is 84.7 Å². The van der Waals surface area contributed by atoms with Crippen molar-refractivity contribution in [1.82, 2.24) is 14.1 Å². The fourth-order valence-electron chi connectivity index (χ4n) is 4.49. The van der Waals surface area contributed by atoms with Crippen molar-refractivity contribution < 1.29 is 13.2 Å². The molecule has 172 valence electrons. The van der Waals surface area contributed by atoms with E-state index in [1.54, 1.807) is 34.8 Å². The Morgan fingerprint density at radius 2 is 1.75 bits per heavy atom. The van der Waals surface area contributed by atoms with Gasteiger partial charge >= 0.3 is 5.56 Å².